The molecule has 3 rings (SSSR count). The van der Waals surface area contributed by atoms with Gasteiger partial charge in [0.1, 0.15) is 12.1 Å². The normalized spacial score (nSPS) is 22.2. The lowest BCUT2D eigenvalue weighted by molar-refractivity contribution is -0.139. The third kappa shape index (κ3) is 5.22. The first-order chi connectivity index (χ1) is 15.3. The van der Waals surface area contributed by atoms with Crippen LogP contribution in [-0.4, -0.2) is 78.6 Å². The van der Waals surface area contributed by atoms with E-state index in [2.05, 4.69) is 5.32 Å². The fourth-order valence-electron chi connectivity index (χ4n) is 4.28. The van der Waals surface area contributed by atoms with Crippen molar-refractivity contribution in [2.45, 2.75) is 57.9 Å². The molecule has 2 fully saturated rings. The molecular formula is C23H34N4O5S. The highest BCUT2D eigenvalue weighted by atomic mass is 32.2. The third-order valence-corrected chi connectivity index (χ3v) is 8.46. The van der Waals surface area contributed by atoms with Crippen molar-refractivity contribution in [2.75, 3.05) is 32.7 Å². The van der Waals surface area contributed by atoms with E-state index in [9.17, 15) is 22.8 Å². The van der Waals surface area contributed by atoms with Gasteiger partial charge in [0, 0.05) is 26.2 Å². The van der Waals surface area contributed by atoms with Gasteiger partial charge in [-0.05, 0) is 51.2 Å². The molecule has 1 aromatic rings. The van der Waals surface area contributed by atoms with Crippen molar-refractivity contribution in [3.63, 3.8) is 0 Å². The zero-order valence-electron chi connectivity index (χ0n) is 20.1. The fraction of sp³-hybridized carbons (Fsp3) is 0.609. The molecule has 0 bridgehead atoms. The predicted octanol–water partition coefficient (Wildman–Crippen LogP) is 1.88. The van der Waals surface area contributed by atoms with Gasteiger partial charge in [0.15, 0.2) is 0 Å². The van der Waals surface area contributed by atoms with Crippen molar-refractivity contribution < 1.29 is 22.8 Å². The summed E-state index contributed by atoms with van der Waals surface area (Å²) in [6.45, 7) is 9.86. The lowest BCUT2D eigenvalue weighted by Gasteiger charge is -2.34. The predicted molar refractivity (Wildman–Crippen MR) is 124 cm³/mol. The van der Waals surface area contributed by atoms with E-state index in [0.717, 1.165) is 16.9 Å². The van der Waals surface area contributed by atoms with Crippen LogP contribution in [0, 0.1) is 19.8 Å². The Morgan fingerprint density at radius 2 is 1.76 bits per heavy atom. The van der Waals surface area contributed by atoms with Crippen LogP contribution in [-0.2, 0) is 19.6 Å². The molecule has 9 nitrogen and oxygen atoms in total. The Labute approximate surface area is 196 Å². The van der Waals surface area contributed by atoms with Gasteiger partial charge in [0.2, 0.25) is 15.9 Å². The van der Waals surface area contributed by atoms with Gasteiger partial charge >= 0.3 is 6.03 Å². The summed E-state index contributed by atoms with van der Waals surface area (Å²) in [6.07, 6.45) is 1.29. The number of hydrogen-bond acceptors (Lipinski definition) is 5. The summed E-state index contributed by atoms with van der Waals surface area (Å²) in [5.41, 5.74) is 0.676. The molecule has 182 valence electrons. The Balaban J connectivity index is 1.60. The monoisotopic (exact) mass is 478 g/mol. The molecule has 0 unspecified atom stereocenters. The van der Waals surface area contributed by atoms with E-state index in [1.54, 1.807) is 26.0 Å². The molecular weight excluding hydrogens is 444 g/mol. The van der Waals surface area contributed by atoms with E-state index in [1.165, 1.54) is 9.21 Å². The molecule has 1 atom stereocenters. The summed E-state index contributed by atoms with van der Waals surface area (Å²) in [6, 6.07) is 4.66. The minimum atomic E-state index is -3.66. The molecule has 10 heteroatoms. The Kier molecular flexibility index (Phi) is 7.18. The van der Waals surface area contributed by atoms with Crippen molar-refractivity contribution in [3.8, 4) is 0 Å². The van der Waals surface area contributed by atoms with E-state index in [-0.39, 0.29) is 43.5 Å². The number of piperazine rings is 1. The second-order valence-corrected chi connectivity index (χ2v) is 11.5. The molecule has 0 saturated carbocycles. The maximum atomic E-state index is 13.1. The molecule has 0 radical (unpaired) electrons. The number of carbonyl (C=O) groups is 3. The molecule has 1 N–H and O–H groups in total. The lowest BCUT2D eigenvalue weighted by atomic mass is 9.92. The van der Waals surface area contributed by atoms with Crippen molar-refractivity contribution in [3.05, 3.63) is 29.3 Å². The van der Waals surface area contributed by atoms with Crippen molar-refractivity contribution in [1.82, 2.24) is 19.4 Å². The van der Waals surface area contributed by atoms with Gasteiger partial charge in [-0.3, -0.25) is 14.5 Å². The molecule has 0 spiro atoms. The maximum absolute atomic E-state index is 13.1. The van der Waals surface area contributed by atoms with Gasteiger partial charge in [-0.15, -0.1) is 0 Å². The molecule has 2 aliphatic heterocycles. The van der Waals surface area contributed by atoms with Crippen LogP contribution in [0.1, 0.15) is 44.7 Å². The van der Waals surface area contributed by atoms with Crippen molar-refractivity contribution in [2.24, 2.45) is 5.92 Å². The molecule has 0 aliphatic carbocycles. The zero-order chi connectivity index (χ0) is 24.6. The number of nitrogens with one attached hydrogen (secondary N) is 1. The van der Waals surface area contributed by atoms with Crippen molar-refractivity contribution >= 4 is 27.9 Å². The number of urea groups is 1. The average Bonchev–Trinajstić information content (AvgIpc) is 2.95. The van der Waals surface area contributed by atoms with Gasteiger partial charge in [-0.2, -0.15) is 4.31 Å². The molecule has 1 aromatic carbocycles. The fourth-order valence-corrected chi connectivity index (χ4v) is 5.91. The van der Waals surface area contributed by atoms with Crippen LogP contribution in [0.15, 0.2) is 23.1 Å². The number of nitrogens with zero attached hydrogens (tertiary/aromatic N) is 3. The number of sulfonamides is 1. The summed E-state index contributed by atoms with van der Waals surface area (Å²) in [5.74, 6) is -0.369. The third-order valence-electron chi connectivity index (χ3n) is 6.40. The minimum absolute atomic E-state index is 0.160. The van der Waals surface area contributed by atoms with Crippen LogP contribution < -0.4 is 5.32 Å². The first kappa shape index (κ1) is 25.2. The van der Waals surface area contributed by atoms with E-state index >= 15 is 0 Å². The largest absolute Gasteiger partial charge is 0.338 e. The zero-order valence-corrected chi connectivity index (χ0v) is 20.9. The summed E-state index contributed by atoms with van der Waals surface area (Å²) >= 11 is 0. The second-order valence-electron chi connectivity index (χ2n) is 9.64. The summed E-state index contributed by atoms with van der Waals surface area (Å²) in [5, 5.41) is 2.73. The topological polar surface area (TPSA) is 107 Å². The molecule has 0 aromatic heterocycles. The van der Waals surface area contributed by atoms with Crippen LogP contribution in [0.2, 0.25) is 0 Å². The number of aryl methyl sites for hydroxylation is 2. The highest BCUT2D eigenvalue weighted by Crippen LogP contribution is 2.25. The van der Waals surface area contributed by atoms with E-state index in [0.29, 0.717) is 17.9 Å². The van der Waals surface area contributed by atoms with Crippen LogP contribution in [0.3, 0.4) is 0 Å². The number of amides is 4. The average molecular weight is 479 g/mol. The number of rotatable bonds is 7. The van der Waals surface area contributed by atoms with Gasteiger partial charge < -0.3 is 10.2 Å². The second kappa shape index (κ2) is 9.42. The Bertz CT molecular complexity index is 1050. The molecule has 33 heavy (non-hydrogen) atoms. The highest BCUT2D eigenvalue weighted by molar-refractivity contribution is 7.89. The van der Waals surface area contributed by atoms with Gasteiger partial charge in [-0.25, -0.2) is 13.2 Å². The van der Waals surface area contributed by atoms with Gasteiger partial charge in [-0.1, -0.05) is 31.5 Å². The molecule has 2 aliphatic rings. The highest BCUT2D eigenvalue weighted by Gasteiger charge is 2.48. The van der Waals surface area contributed by atoms with Gasteiger partial charge in [0.05, 0.1) is 4.90 Å². The smallest absolute Gasteiger partial charge is 0.325 e. The Morgan fingerprint density at radius 3 is 2.33 bits per heavy atom. The van der Waals surface area contributed by atoms with Crippen LogP contribution in [0.25, 0.3) is 0 Å². The molecule has 2 saturated heterocycles. The van der Waals surface area contributed by atoms with Crippen LogP contribution in [0.4, 0.5) is 4.79 Å². The Hall–Kier alpha value is -2.46. The van der Waals surface area contributed by atoms with E-state index < -0.39 is 27.5 Å². The van der Waals surface area contributed by atoms with Crippen LogP contribution in [0.5, 0.6) is 0 Å². The van der Waals surface area contributed by atoms with Crippen molar-refractivity contribution in [1.29, 1.82) is 0 Å². The minimum Gasteiger partial charge on any atom is -0.338 e. The number of carbonyl (C=O) groups excluding carboxylic acids is 3. The standard InChI is InChI=1S/C23H34N4O5S/c1-16(2)8-9-23(5)21(29)27(22(30)24-23)15-20(28)25-10-12-26(13-11-25)33(31,32)19-7-6-17(3)14-18(19)4/h6-7,14,16H,8-13,15H2,1-5H3,(H,24,30)/t23-/m0/s1. The number of imide groups is 1. The summed E-state index contributed by atoms with van der Waals surface area (Å²) in [7, 11) is -3.66. The van der Waals surface area contributed by atoms with E-state index in [1.807, 2.05) is 26.8 Å². The first-order valence-corrected chi connectivity index (χ1v) is 12.8. The summed E-state index contributed by atoms with van der Waals surface area (Å²) in [4.78, 5) is 40.8. The lowest BCUT2D eigenvalue weighted by Crippen LogP contribution is -2.53. The molecule has 4 amide bonds. The maximum Gasteiger partial charge on any atom is 0.325 e. The quantitative estimate of drug-likeness (QED) is 0.602. The first-order valence-electron chi connectivity index (χ1n) is 11.3. The van der Waals surface area contributed by atoms with E-state index in [4.69, 9.17) is 0 Å². The number of benzene rings is 1. The van der Waals surface area contributed by atoms with Gasteiger partial charge in [0.25, 0.3) is 5.91 Å². The Morgan fingerprint density at radius 1 is 1.12 bits per heavy atom. The van der Waals surface area contributed by atoms with Crippen LogP contribution >= 0.6 is 0 Å². The summed E-state index contributed by atoms with van der Waals surface area (Å²) < 4.78 is 27.5. The number of hydrogen-bond donors (Lipinski definition) is 1. The molecule has 2 heterocycles. The SMILES string of the molecule is Cc1ccc(S(=O)(=O)N2CCN(C(=O)CN3C(=O)N[C@@](C)(CCC(C)C)C3=O)CC2)c(C)c1.